The summed E-state index contributed by atoms with van der Waals surface area (Å²) in [7, 11) is 0. The molecule has 3 heterocycles. The van der Waals surface area contributed by atoms with Crippen molar-refractivity contribution < 1.29 is 9.26 Å². The van der Waals surface area contributed by atoms with Gasteiger partial charge in [-0.25, -0.2) is 0 Å². The number of hydrogen-bond donors (Lipinski definition) is 1. The standard InChI is InChI=1S/C16H13N3O2/c17-16-14(12-3-1-2-7-18-12)15(21-19-16)11-4-5-13-10(9-11)6-8-20-13/h1-5,7,9H,6,8H2,(H2,17,19). The van der Waals surface area contributed by atoms with Gasteiger partial charge >= 0.3 is 0 Å². The molecule has 5 nitrogen and oxygen atoms in total. The number of rotatable bonds is 2. The third kappa shape index (κ3) is 1.94. The summed E-state index contributed by atoms with van der Waals surface area (Å²) < 4.78 is 11.0. The van der Waals surface area contributed by atoms with Gasteiger partial charge in [0.2, 0.25) is 0 Å². The Morgan fingerprint density at radius 1 is 1.14 bits per heavy atom. The summed E-state index contributed by atoms with van der Waals surface area (Å²) in [5.74, 6) is 1.92. The average molecular weight is 279 g/mol. The minimum atomic E-state index is 0.348. The van der Waals surface area contributed by atoms with E-state index in [9.17, 15) is 0 Å². The smallest absolute Gasteiger partial charge is 0.178 e. The van der Waals surface area contributed by atoms with Gasteiger partial charge in [0.25, 0.3) is 0 Å². The molecule has 0 bridgehead atoms. The van der Waals surface area contributed by atoms with Crippen LogP contribution in [0.15, 0.2) is 47.1 Å². The molecule has 4 rings (SSSR count). The molecule has 0 atom stereocenters. The molecule has 0 aliphatic carbocycles. The van der Waals surface area contributed by atoms with Crippen LogP contribution in [0, 0.1) is 0 Å². The Bertz CT molecular complexity index is 797. The van der Waals surface area contributed by atoms with Gasteiger partial charge in [-0.15, -0.1) is 0 Å². The van der Waals surface area contributed by atoms with Gasteiger partial charge in [0.1, 0.15) is 5.75 Å². The van der Waals surface area contributed by atoms with Crippen molar-refractivity contribution in [3.63, 3.8) is 0 Å². The van der Waals surface area contributed by atoms with E-state index in [-0.39, 0.29) is 0 Å². The third-order valence-corrected chi connectivity index (χ3v) is 3.59. The molecule has 0 fully saturated rings. The maximum atomic E-state index is 5.95. The van der Waals surface area contributed by atoms with Crippen LogP contribution in [0.2, 0.25) is 0 Å². The quantitative estimate of drug-likeness (QED) is 0.780. The zero-order chi connectivity index (χ0) is 14.2. The molecule has 0 radical (unpaired) electrons. The van der Waals surface area contributed by atoms with Crippen molar-refractivity contribution in [3.05, 3.63) is 48.2 Å². The van der Waals surface area contributed by atoms with Gasteiger partial charge in [-0.2, -0.15) is 0 Å². The lowest BCUT2D eigenvalue weighted by molar-refractivity contribution is 0.357. The molecule has 2 N–H and O–H groups in total. The number of anilines is 1. The van der Waals surface area contributed by atoms with Gasteiger partial charge < -0.3 is 15.0 Å². The van der Waals surface area contributed by atoms with Crippen molar-refractivity contribution in [2.24, 2.45) is 0 Å². The van der Waals surface area contributed by atoms with Crippen LogP contribution < -0.4 is 10.5 Å². The number of pyridine rings is 1. The van der Waals surface area contributed by atoms with Crippen LogP contribution in [0.25, 0.3) is 22.6 Å². The summed E-state index contributed by atoms with van der Waals surface area (Å²) in [5, 5.41) is 3.89. The Kier molecular flexibility index (Phi) is 2.64. The fraction of sp³-hybridized carbons (Fsp3) is 0.125. The zero-order valence-corrected chi connectivity index (χ0v) is 11.2. The zero-order valence-electron chi connectivity index (χ0n) is 11.2. The fourth-order valence-corrected chi connectivity index (χ4v) is 2.59. The largest absolute Gasteiger partial charge is 0.493 e. The first kappa shape index (κ1) is 12.0. The SMILES string of the molecule is Nc1noc(-c2ccc3c(c2)CCO3)c1-c1ccccn1. The van der Waals surface area contributed by atoms with Crippen LogP contribution >= 0.6 is 0 Å². The number of nitrogens with two attached hydrogens (primary N) is 1. The third-order valence-electron chi connectivity index (χ3n) is 3.59. The normalized spacial score (nSPS) is 13.0. The summed E-state index contributed by atoms with van der Waals surface area (Å²) in [4.78, 5) is 4.34. The maximum absolute atomic E-state index is 5.95. The van der Waals surface area contributed by atoms with Gasteiger partial charge in [-0.3, -0.25) is 4.98 Å². The molecule has 1 aliphatic rings. The van der Waals surface area contributed by atoms with Crippen molar-refractivity contribution in [1.29, 1.82) is 0 Å². The van der Waals surface area contributed by atoms with Crippen LogP contribution in [0.4, 0.5) is 5.82 Å². The lowest BCUT2D eigenvalue weighted by Gasteiger charge is -2.04. The van der Waals surface area contributed by atoms with E-state index >= 15 is 0 Å². The first-order valence-electron chi connectivity index (χ1n) is 6.75. The average Bonchev–Trinajstić information content (AvgIpc) is 3.13. The minimum Gasteiger partial charge on any atom is -0.493 e. The molecule has 0 amide bonds. The van der Waals surface area contributed by atoms with Crippen LogP contribution in [0.5, 0.6) is 5.75 Å². The molecule has 2 aromatic heterocycles. The fourth-order valence-electron chi connectivity index (χ4n) is 2.59. The second-order valence-electron chi connectivity index (χ2n) is 4.91. The van der Waals surface area contributed by atoms with E-state index in [1.807, 2.05) is 30.3 Å². The molecule has 0 spiro atoms. The first-order valence-corrected chi connectivity index (χ1v) is 6.75. The van der Waals surface area contributed by atoms with E-state index in [1.165, 1.54) is 5.56 Å². The number of nitrogen functional groups attached to an aromatic ring is 1. The molecule has 3 aromatic rings. The Morgan fingerprint density at radius 3 is 2.95 bits per heavy atom. The van der Waals surface area contributed by atoms with Crippen molar-refractivity contribution in [3.8, 4) is 28.3 Å². The Hall–Kier alpha value is -2.82. The highest BCUT2D eigenvalue weighted by atomic mass is 16.5. The summed E-state index contributed by atoms with van der Waals surface area (Å²) >= 11 is 0. The number of benzene rings is 1. The van der Waals surface area contributed by atoms with Crippen molar-refractivity contribution in [2.45, 2.75) is 6.42 Å². The molecular formula is C16H13N3O2. The highest BCUT2D eigenvalue weighted by Crippen LogP contribution is 2.38. The molecule has 0 unspecified atom stereocenters. The lowest BCUT2D eigenvalue weighted by atomic mass is 10.0. The van der Waals surface area contributed by atoms with E-state index in [0.29, 0.717) is 11.6 Å². The van der Waals surface area contributed by atoms with Gasteiger partial charge in [-0.1, -0.05) is 11.2 Å². The molecule has 0 saturated carbocycles. The first-order chi connectivity index (χ1) is 10.3. The Morgan fingerprint density at radius 2 is 2.10 bits per heavy atom. The highest BCUT2D eigenvalue weighted by molar-refractivity contribution is 5.85. The monoisotopic (exact) mass is 279 g/mol. The molecule has 21 heavy (non-hydrogen) atoms. The number of nitrogens with zero attached hydrogens (tertiary/aromatic N) is 2. The number of aromatic nitrogens is 2. The van der Waals surface area contributed by atoms with E-state index in [1.54, 1.807) is 6.20 Å². The van der Waals surface area contributed by atoms with E-state index < -0.39 is 0 Å². The second kappa shape index (κ2) is 4.63. The van der Waals surface area contributed by atoms with Crippen LogP contribution in [0.3, 0.4) is 0 Å². The van der Waals surface area contributed by atoms with Crippen LogP contribution in [0.1, 0.15) is 5.56 Å². The van der Waals surface area contributed by atoms with Gasteiger partial charge in [0, 0.05) is 18.2 Å². The van der Waals surface area contributed by atoms with Crippen LogP contribution in [-0.4, -0.2) is 16.7 Å². The maximum Gasteiger partial charge on any atom is 0.178 e. The topological polar surface area (TPSA) is 74.2 Å². The van der Waals surface area contributed by atoms with E-state index in [0.717, 1.165) is 35.6 Å². The molecule has 104 valence electrons. The summed E-state index contributed by atoms with van der Waals surface area (Å²) in [6, 6.07) is 11.6. The Balaban J connectivity index is 1.87. The molecule has 1 aromatic carbocycles. The lowest BCUT2D eigenvalue weighted by Crippen LogP contribution is -1.91. The van der Waals surface area contributed by atoms with E-state index in [2.05, 4.69) is 16.2 Å². The summed E-state index contributed by atoms with van der Waals surface area (Å²) in [6.07, 6.45) is 2.63. The number of ether oxygens (including phenoxy) is 1. The number of hydrogen-bond acceptors (Lipinski definition) is 5. The minimum absolute atomic E-state index is 0.348. The molecule has 1 aliphatic heterocycles. The predicted octanol–water partition coefficient (Wildman–Crippen LogP) is 2.92. The molecular weight excluding hydrogens is 266 g/mol. The Labute approximate surface area is 121 Å². The van der Waals surface area contributed by atoms with Crippen molar-refractivity contribution in [2.75, 3.05) is 12.3 Å². The summed E-state index contributed by atoms with van der Waals surface area (Å²) in [6.45, 7) is 0.727. The van der Waals surface area contributed by atoms with Crippen molar-refractivity contribution in [1.82, 2.24) is 10.1 Å². The van der Waals surface area contributed by atoms with Crippen molar-refractivity contribution >= 4 is 5.82 Å². The van der Waals surface area contributed by atoms with Gasteiger partial charge in [0.05, 0.1) is 17.9 Å². The number of fused-ring (bicyclic) bond motifs is 1. The predicted molar refractivity (Wildman–Crippen MR) is 78.8 cm³/mol. The highest BCUT2D eigenvalue weighted by Gasteiger charge is 2.20. The molecule has 5 heteroatoms. The summed E-state index contributed by atoms with van der Waals surface area (Å²) in [5.41, 5.74) is 9.55. The van der Waals surface area contributed by atoms with E-state index in [4.69, 9.17) is 15.0 Å². The molecule has 0 saturated heterocycles. The van der Waals surface area contributed by atoms with Crippen LogP contribution in [-0.2, 0) is 6.42 Å². The second-order valence-corrected chi connectivity index (χ2v) is 4.91. The van der Waals surface area contributed by atoms with Gasteiger partial charge in [-0.05, 0) is 35.9 Å². The van der Waals surface area contributed by atoms with Gasteiger partial charge in [0.15, 0.2) is 11.6 Å².